The average molecular weight is 824 g/mol. The summed E-state index contributed by atoms with van der Waals surface area (Å²) in [5.41, 5.74) is 15.7. The number of carbonyl (C=O) groups is 2. The minimum Gasteiger partial charge on any atom is -0.364 e. The SMILES string of the molecule is C.Cl.NC(=O)c1nnc(CC2CCCCC2)c2cc(-c3ccc(Cl)cc3)sc12.NC(=O)c1nnc(CC2CCCCC2)c2cc(-c3ccc(Cl)cc3)sc12. The Kier molecular flexibility index (Phi) is 14.4. The largest absolute Gasteiger partial charge is 0.364 e. The van der Waals surface area contributed by atoms with Gasteiger partial charge in [0.15, 0.2) is 11.4 Å². The van der Waals surface area contributed by atoms with Gasteiger partial charge in [0.05, 0.1) is 20.8 Å². The van der Waals surface area contributed by atoms with Crippen molar-refractivity contribution in [3.8, 4) is 20.9 Å². The van der Waals surface area contributed by atoms with Gasteiger partial charge >= 0.3 is 0 Å². The fourth-order valence-electron chi connectivity index (χ4n) is 7.45. The number of nitrogens with two attached hydrogens (primary N) is 2. The van der Waals surface area contributed by atoms with E-state index < -0.39 is 11.8 Å². The molecule has 2 fully saturated rings. The Hall–Kier alpha value is -3.67. The van der Waals surface area contributed by atoms with Crippen LogP contribution in [0.25, 0.3) is 41.1 Å². The van der Waals surface area contributed by atoms with E-state index >= 15 is 0 Å². The molecule has 0 unspecified atom stereocenters. The zero-order chi connectivity index (χ0) is 36.2. The van der Waals surface area contributed by atoms with Crippen LogP contribution in [0.15, 0.2) is 60.7 Å². The van der Waals surface area contributed by atoms with Crippen LogP contribution >= 0.6 is 58.3 Å². The third-order valence-corrected chi connectivity index (χ3v) is 13.1. The highest BCUT2D eigenvalue weighted by Gasteiger charge is 2.23. The van der Waals surface area contributed by atoms with E-state index in [9.17, 15) is 9.59 Å². The van der Waals surface area contributed by atoms with Crippen LogP contribution in [0.3, 0.4) is 0 Å². The van der Waals surface area contributed by atoms with Gasteiger partial charge in [-0.15, -0.1) is 45.3 Å². The standard InChI is InChI=1S/2C20H20ClN3OS.CH4.ClH/c2*21-14-8-6-13(7-9-14)17-11-15-16(10-12-4-2-1-3-5-12)23-24-18(20(22)25)19(15)26-17;;/h2*6-9,11-12H,1-5,10H2,(H2,22,25);1H4;1H. The van der Waals surface area contributed by atoms with Gasteiger partial charge in [-0.1, -0.05) is 119 Å². The summed E-state index contributed by atoms with van der Waals surface area (Å²) in [5.74, 6) is 0.242. The molecule has 0 atom stereocenters. The molecule has 2 aliphatic carbocycles. The molecule has 0 aliphatic heterocycles. The first kappa shape index (κ1) is 41.5. The molecule has 2 aromatic carbocycles. The topological polar surface area (TPSA) is 138 Å². The lowest BCUT2D eigenvalue weighted by molar-refractivity contribution is 0.0988. The van der Waals surface area contributed by atoms with Gasteiger partial charge in [0.2, 0.25) is 0 Å². The Bertz CT molecular complexity index is 2050. The maximum atomic E-state index is 11.8. The van der Waals surface area contributed by atoms with Crippen LogP contribution in [0, 0.1) is 11.8 Å². The van der Waals surface area contributed by atoms with Crippen molar-refractivity contribution >= 4 is 90.3 Å². The quantitative estimate of drug-likeness (QED) is 0.157. The van der Waals surface area contributed by atoms with Crippen LogP contribution in [0.4, 0.5) is 0 Å². The third-order valence-electron chi connectivity index (χ3n) is 10.2. The number of primary amides is 2. The van der Waals surface area contributed by atoms with Crippen LogP contribution in [0.2, 0.25) is 10.0 Å². The molecule has 2 aliphatic rings. The minimum absolute atomic E-state index is 0. The zero-order valence-electron chi connectivity index (χ0n) is 29.2. The summed E-state index contributed by atoms with van der Waals surface area (Å²) in [7, 11) is 0. The Morgan fingerprint density at radius 3 is 1.28 bits per heavy atom. The van der Waals surface area contributed by atoms with Crippen LogP contribution in [0.5, 0.6) is 0 Å². The van der Waals surface area contributed by atoms with Gasteiger partial charge in [-0.3, -0.25) is 9.59 Å². The monoisotopic (exact) mass is 822 g/mol. The molecule has 0 radical (unpaired) electrons. The van der Waals surface area contributed by atoms with Crippen molar-refractivity contribution in [2.24, 2.45) is 23.3 Å². The number of halogens is 3. The minimum atomic E-state index is -0.531. The van der Waals surface area contributed by atoms with Gasteiger partial charge in [0.1, 0.15) is 0 Å². The second-order valence-electron chi connectivity index (χ2n) is 13.9. The number of aromatic nitrogens is 4. The van der Waals surface area contributed by atoms with E-state index in [1.54, 1.807) is 22.7 Å². The molecule has 0 spiro atoms. The smallest absolute Gasteiger partial charge is 0.270 e. The summed E-state index contributed by atoms with van der Waals surface area (Å²) in [6.45, 7) is 0. The lowest BCUT2D eigenvalue weighted by Crippen LogP contribution is -2.16. The Morgan fingerprint density at radius 2 is 0.944 bits per heavy atom. The number of thiophene rings is 2. The number of nitrogens with zero attached hydrogens (tertiary/aromatic N) is 4. The maximum absolute atomic E-state index is 11.8. The third kappa shape index (κ3) is 9.58. The van der Waals surface area contributed by atoms with E-state index in [2.05, 4.69) is 32.5 Å². The highest BCUT2D eigenvalue weighted by molar-refractivity contribution is 7.23. The summed E-state index contributed by atoms with van der Waals surface area (Å²) in [5, 5.41) is 20.5. The molecule has 2 amide bonds. The van der Waals surface area contributed by atoms with Gasteiger partial charge in [-0.2, -0.15) is 10.2 Å². The molecule has 13 heteroatoms. The summed E-state index contributed by atoms with van der Waals surface area (Å²) in [4.78, 5) is 25.8. The lowest BCUT2D eigenvalue weighted by atomic mass is 9.85. The molecule has 284 valence electrons. The highest BCUT2D eigenvalue weighted by Crippen LogP contribution is 2.39. The van der Waals surface area contributed by atoms with Crippen LogP contribution in [-0.2, 0) is 12.8 Å². The Balaban J connectivity index is 0.000000200. The van der Waals surface area contributed by atoms with Crippen molar-refractivity contribution in [1.29, 1.82) is 0 Å². The molecule has 2 saturated carbocycles. The average Bonchev–Trinajstić information content (AvgIpc) is 3.80. The number of hydrogen-bond donors (Lipinski definition) is 2. The van der Waals surface area contributed by atoms with Gasteiger partial charge < -0.3 is 11.5 Å². The fourth-order valence-corrected chi connectivity index (χ4v) is 10.1. The van der Waals surface area contributed by atoms with Crippen molar-refractivity contribution in [2.75, 3.05) is 0 Å². The second kappa shape index (κ2) is 18.8. The van der Waals surface area contributed by atoms with Gasteiger partial charge in [-0.05, 0) is 72.2 Å². The number of benzene rings is 2. The zero-order valence-corrected chi connectivity index (χ0v) is 33.1. The van der Waals surface area contributed by atoms with Crippen molar-refractivity contribution in [3.63, 3.8) is 0 Å². The first-order chi connectivity index (χ1) is 25.2. The van der Waals surface area contributed by atoms with Gasteiger partial charge in [0, 0.05) is 30.6 Å². The maximum Gasteiger partial charge on any atom is 0.270 e. The Morgan fingerprint density at radius 1 is 0.593 bits per heavy atom. The molecule has 6 aromatic rings. The second-order valence-corrected chi connectivity index (χ2v) is 16.8. The van der Waals surface area contributed by atoms with Crippen LogP contribution in [-0.4, -0.2) is 32.2 Å². The predicted molar refractivity (Wildman–Crippen MR) is 227 cm³/mol. The molecule has 0 bridgehead atoms. The molecule has 4 aromatic heterocycles. The fraction of sp³-hybridized carbons (Fsp3) is 0.366. The predicted octanol–water partition coefficient (Wildman–Crippen LogP) is 11.5. The van der Waals surface area contributed by atoms with Crippen LogP contribution < -0.4 is 11.5 Å². The van der Waals surface area contributed by atoms with Crippen molar-refractivity contribution in [2.45, 2.75) is 84.5 Å². The van der Waals surface area contributed by atoms with E-state index in [1.807, 2.05) is 48.5 Å². The van der Waals surface area contributed by atoms with Crippen molar-refractivity contribution in [3.05, 3.63) is 93.5 Å². The van der Waals surface area contributed by atoms with E-state index in [1.165, 1.54) is 64.2 Å². The number of rotatable bonds is 8. The normalized spacial score (nSPS) is 14.9. The van der Waals surface area contributed by atoms with E-state index in [4.69, 9.17) is 34.7 Å². The molecule has 4 heterocycles. The molecular formula is C41H45Cl3N6O2S2. The first-order valence-corrected chi connectivity index (χ1v) is 20.3. The van der Waals surface area contributed by atoms with E-state index in [-0.39, 0.29) is 31.2 Å². The molecule has 4 N–H and O–H groups in total. The van der Waals surface area contributed by atoms with Crippen molar-refractivity contribution < 1.29 is 9.59 Å². The summed E-state index contributed by atoms with van der Waals surface area (Å²) in [6.07, 6.45) is 14.6. The molecule has 0 saturated heterocycles. The molecule has 8 nitrogen and oxygen atoms in total. The summed E-state index contributed by atoms with van der Waals surface area (Å²) in [6, 6.07) is 19.6. The van der Waals surface area contributed by atoms with Gasteiger partial charge in [0.25, 0.3) is 11.8 Å². The summed E-state index contributed by atoms with van der Waals surface area (Å²) < 4.78 is 1.67. The molecule has 8 rings (SSSR count). The van der Waals surface area contributed by atoms with Crippen molar-refractivity contribution in [1.82, 2.24) is 20.4 Å². The van der Waals surface area contributed by atoms with Crippen LogP contribution in [0.1, 0.15) is 104 Å². The van der Waals surface area contributed by atoms with Gasteiger partial charge in [-0.25, -0.2) is 0 Å². The number of carbonyl (C=O) groups excluding carboxylic acids is 2. The van der Waals surface area contributed by atoms with E-state index in [0.29, 0.717) is 21.9 Å². The Labute approximate surface area is 340 Å². The number of fused-ring (bicyclic) bond motifs is 2. The molecule has 54 heavy (non-hydrogen) atoms. The lowest BCUT2D eigenvalue weighted by Gasteiger charge is -2.21. The molecular weight excluding hydrogens is 779 g/mol. The number of hydrogen-bond acceptors (Lipinski definition) is 8. The first-order valence-electron chi connectivity index (χ1n) is 17.9. The number of amides is 2. The summed E-state index contributed by atoms with van der Waals surface area (Å²) >= 11 is 15.1. The highest BCUT2D eigenvalue weighted by atomic mass is 35.5. The van der Waals surface area contributed by atoms with E-state index in [0.717, 1.165) is 65.3 Å².